The summed E-state index contributed by atoms with van der Waals surface area (Å²) in [5, 5.41) is 3.55. The van der Waals surface area contributed by atoms with E-state index in [1.807, 2.05) is 0 Å². The summed E-state index contributed by atoms with van der Waals surface area (Å²) >= 11 is 0. The summed E-state index contributed by atoms with van der Waals surface area (Å²) in [7, 11) is 0. The highest BCUT2D eigenvalue weighted by Gasteiger charge is 2.33. The lowest BCUT2D eigenvalue weighted by Gasteiger charge is -2.45. The van der Waals surface area contributed by atoms with Crippen LogP contribution in [0, 0.1) is 17.6 Å². The van der Waals surface area contributed by atoms with Gasteiger partial charge in [0.05, 0.1) is 0 Å². The number of rotatable bonds is 4. The molecule has 4 heteroatoms. The van der Waals surface area contributed by atoms with E-state index in [4.69, 9.17) is 0 Å². The first kappa shape index (κ1) is 16.4. The third-order valence-corrected chi connectivity index (χ3v) is 4.08. The van der Waals surface area contributed by atoms with Crippen LogP contribution in [0.25, 0.3) is 0 Å². The van der Waals surface area contributed by atoms with E-state index in [2.05, 4.69) is 37.9 Å². The SMILES string of the molecule is CC(C)CC1CNC(C)(C)CN1Cc1cccc(F)c1F. The van der Waals surface area contributed by atoms with Crippen molar-refractivity contribution in [1.29, 1.82) is 0 Å². The summed E-state index contributed by atoms with van der Waals surface area (Å²) in [4.78, 5) is 2.29. The Balaban J connectivity index is 2.17. The van der Waals surface area contributed by atoms with Gasteiger partial charge in [-0.3, -0.25) is 4.90 Å². The summed E-state index contributed by atoms with van der Waals surface area (Å²) in [6, 6.07) is 4.80. The molecule has 2 nitrogen and oxygen atoms in total. The fraction of sp³-hybridized carbons (Fsp3) is 0.647. The molecule has 1 unspecified atom stereocenters. The summed E-state index contributed by atoms with van der Waals surface area (Å²) in [5.74, 6) is -0.891. The molecule has 118 valence electrons. The van der Waals surface area contributed by atoms with Gasteiger partial charge in [0.2, 0.25) is 0 Å². The van der Waals surface area contributed by atoms with Crippen molar-refractivity contribution in [3.8, 4) is 0 Å². The molecule has 1 atom stereocenters. The Morgan fingerprint density at radius 2 is 2.05 bits per heavy atom. The fourth-order valence-corrected chi connectivity index (χ4v) is 3.07. The zero-order chi connectivity index (χ0) is 15.6. The Morgan fingerprint density at radius 1 is 1.33 bits per heavy atom. The van der Waals surface area contributed by atoms with Gasteiger partial charge in [0.1, 0.15) is 0 Å². The Hall–Kier alpha value is -1.00. The van der Waals surface area contributed by atoms with Crippen LogP contribution in [0.3, 0.4) is 0 Å². The van der Waals surface area contributed by atoms with Gasteiger partial charge in [-0.05, 0) is 32.3 Å². The molecule has 1 aromatic carbocycles. The van der Waals surface area contributed by atoms with E-state index in [-0.39, 0.29) is 5.54 Å². The lowest BCUT2D eigenvalue weighted by atomic mass is 9.93. The van der Waals surface area contributed by atoms with Crippen molar-refractivity contribution in [2.24, 2.45) is 5.92 Å². The molecule has 0 aliphatic carbocycles. The van der Waals surface area contributed by atoms with E-state index in [9.17, 15) is 8.78 Å². The Morgan fingerprint density at radius 3 is 2.71 bits per heavy atom. The van der Waals surface area contributed by atoms with Crippen LogP contribution < -0.4 is 5.32 Å². The van der Waals surface area contributed by atoms with Gasteiger partial charge in [-0.25, -0.2) is 8.78 Å². The molecule has 0 aromatic heterocycles. The number of nitrogens with zero attached hydrogens (tertiary/aromatic N) is 1. The molecule has 1 saturated heterocycles. The highest BCUT2D eigenvalue weighted by Crippen LogP contribution is 2.23. The summed E-state index contributed by atoms with van der Waals surface area (Å²) in [6.07, 6.45) is 1.06. The minimum Gasteiger partial charge on any atom is -0.309 e. The lowest BCUT2D eigenvalue weighted by Crippen LogP contribution is -2.61. The molecule has 21 heavy (non-hydrogen) atoms. The third-order valence-electron chi connectivity index (χ3n) is 4.08. The van der Waals surface area contributed by atoms with Crippen molar-refractivity contribution in [3.05, 3.63) is 35.4 Å². The smallest absolute Gasteiger partial charge is 0.163 e. The molecule has 1 fully saturated rings. The molecular formula is C17H26F2N2. The van der Waals surface area contributed by atoms with Crippen molar-refractivity contribution < 1.29 is 8.78 Å². The van der Waals surface area contributed by atoms with Crippen LogP contribution in [0.4, 0.5) is 8.78 Å². The average Bonchev–Trinajstić information content (AvgIpc) is 2.37. The van der Waals surface area contributed by atoms with E-state index >= 15 is 0 Å². The minimum absolute atomic E-state index is 0.00270. The Bertz CT molecular complexity index is 486. The number of hydrogen-bond donors (Lipinski definition) is 1. The maximum absolute atomic E-state index is 13.9. The molecule has 0 bridgehead atoms. The maximum Gasteiger partial charge on any atom is 0.163 e. The van der Waals surface area contributed by atoms with Gasteiger partial charge < -0.3 is 5.32 Å². The molecule has 1 heterocycles. The zero-order valence-corrected chi connectivity index (χ0v) is 13.4. The fourth-order valence-electron chi connectivity index (χ4n) is 3.07. The summed E-state index contributed by atoms with van der Waals surface area (Å²) in [5.41, 5.74) is 0.443. The van der Waals surface area contributed by atoms with Gasteiger partial charge in [-0.2, -0.15) is 0 Å². The second-order valence-electron chi connectivity index (χ2n) is 7.17. The maximum atomic E-state index is 13.9. The van der Waals surface area contributed by atoms with Crippen LogP contribution in [0.2, 0.25) is 0 Å². The Labute approximate surface area is 126 Å². The van der Waals surface area contributed by atoms with Crippen molar-refractivity contribution in [2.75, 3.05) is 13.1 Å². The Kier molecular flexibility index (Phi) is 4.99. The van der Waals surface area contributed by atoms with E-state index in [0.29, 0.717) is 24.1 Å². The van der Waals surface area contributed by atoms with E-state index in [0.717, 1.165) is 19.5 Å². The average molecular weight is 296 g/mol. The van der Waals surface area contributed by atoms with Crippen molar-refractivity contribution in [2.45, 2.75) is 52.2 Å². The first-order valence-electron chi connectivity index (χ1n) is 7.70. The summed E-state index contributed by atoms with van der Waals surface area (Å²) in [6.45, 7) is 10.9. The molecule has 0 radical (unpaired) electrons. The van der Waals surface area contributed by atoms with Crippen LogP contribution in [0.1, 0.15) is 39.7 Å². The van der Waals surface area contributed by atoms with Crippen LogP contribution in [0.15, 0.2) is 18.2 Å². The molecule has 1 aliphatic heterocycles. The second kappa shape index (κ2) is 6.41. The molecule has 1 aromatic rings. The van der Waals surface area contributed by atoms with Crippen LogP contribution in [0.5, 0.6) is 0 Å². The molecule has 0 spiro atoms. The summed E-state index contributed by atoms with van der Waals surface area (Å²) < 4.78 is 27.3. The standard InChI is InChI=1S/C17H26F2N2/c1-12(2)8-14-9-20-17(3,4)11-21(14)10-13-6-5-7-15(18)16(13)19/h5-7,12,14,20H,8-11H2,1-4H3. The van der Waals surface area contributed by atoms with Crippen LogP contribution in [-0.4, -0.2) is 29.6 Å². The first-order chi connectivity index (χ1) is 9.78. The van der Waals surface area contributed by atoms with Crippen LogP contribution in [-0.2, 0) is 6.54 Å². The van der Waals surface area contributed by atoms with E-state index in [1.54, 1.807) is 12.1 Å². The van der Waals surface area contributed by atoms with Gasteiger partial charge in [0, 0.05) is 36.8 Å². The quantitative estimate of drug-likeness (QED) is 0.914. The van der Waals surface area contributed by atoms with Gasteiger partial charge >= 0.3 is 0 Å². The normalized spacial score (nSPS) is 22.7. The highest BCUT2D eigenvalue weighted by atomic mass is 19.2. The number of halogens is 2. The van der Waals surface area contributed by atoms with Gasteiger partial charge in [-0.1, -0.05) is 26.0 Å². The third kappa shape index (κ3) is 4.24. The molecule has 1 N–H and O–H groups in total. The topological polar surface area (TPSA) is 15.3 Å². The van der Waals surface area contributed by atoms with Gasteiger partial charge in [-0.15, -0.1) is 0 Å². The van der Waals surface area contributed by atoms with Crippen molar-refractivity contribution in [3.63, 3.8) is 0 Å². The zero-order valence-electron chi connectivity index (χ0n) is 13.4. The first-order valence-corrected chi connectivity index (χ1v) is 7.70. The predicted octanol–water partition coefficient (Wildman–Crippen LogP) is 3.56. The molecular weight excluding hydrogens is 270 g/mol. The number of nitrogens with one attached hydrogen (secondary N) is 1. The van der Waals surface area contributed by atoms with Gasteiger partial charge in [0.25, 0.3) is 0 Å². The van der Waals surface area contributed by atoms with Crippen molar-refractivity contribution >= 4 is 0 Å². The van der Waals surface area contributed by atoms with Gasteiger partial charge in [0.15, 0.2) is 11.6 Å². The number of benzene rings is 1. The predicted molar refractivity (Wildman–Crippen MR) is 82.1 cm³/mol. The minimum atomic E-state index is -0.762. The monoisotopic (exact) mass is 296 g/mol. The molecule has 2 rings (SSSR count). The molecule has 0 amide bonds. The largest absolute Gasteiger partial charge is 0.309 e. The molecule has 1 aliphatic rings. The lowest BCUT2D eigenvalue weighted by molar-refractivity contribution is 0.0748. The highest BCUT2D eigenvalue weighted by molar-refractivity contribution is 5.19. The number of piperazine rings is 1. The van der Waals surface area contributed by atoms with E-state index < -0.39 is 11.6 Å². The van der Waals surface area contributed by atoms with Crippen LogP contribution >= 0.6 is 0 Å². The second-order valence-corrected chi connectivity index (χ2v) is 7.17. The number of hydrogen-bond acceptors (Lipinski definition) is 2. The van der Waals surface area contributed by atoms with Crippen molar-refractivity contribution in [1.82, 2.24) is 10.2 Å². The van der Waals surface area contributed by atoms with E-state index in [1.165, 1.54) is 6.07 Å². The molecule has 0 saturated carbocycles.